The van der Waals surface area contributed by atoms with Gasteiger partial charge < -0.3 is 19.7 Å². The average molecular weight is 611 g/mol. The predicted molar refractivity (Wildman–Crippen MR) is 147 cm³/mol. The maximum absolute atomic E-state index is 15.2. The first kappa shape index (κ1) is 32.0. The van der Waals surface area contributed by atoms with Crippen molar-refractivity contribution in [2.75, 3.05) is 25.6 Å². The topological polar surface area (TPSA) is 67.9 Å². The number of anilines is 1. The Morgan fingerprint density at radius 3 is 2.26 bits per heavy atom. The molecule has 43 heavy (non-hydrogen) atoms. The van der Waals surface area contributed by atoms with E-state index in [1.54, 1.807) is 31.2 Å². The number of allylic oxidation sites excluding steroid dienone is 3. The molecule has 0 aromatic heterocycles. The number of halogens is 6. The fourth-order valence-corrected chi connectivity index (χ4v) is 5.32. The number of carbonyl (C=O) groups excluding carboxylic acids is 2. The summed E-state index contributed by atoms with van der Waals surface area (Å²) in [4.78, 5) is 26.9. The fourth-order valence-electron chi connectivity index (χ4n) is 5.32. The number of likely N-dealkylation sites (tertiary alicyclic amines) is 1. The van der Waals surface area contributed by atoms with Gasteiger partial charge in [0.15, 0.2) is 11.3 Å². The lowest BCUT2D eigenvalue weighted by Gasteiger charge is -2.52. The quantitative estimate of drug-likeness (QED) is 0.241. The first-order valence-corrected chi connectivity index (χ1v) is 13.8. The predicted octanol–water partition coefficient (Wildman–Crippen LogP) is 7.18. The van der Waals surface area contributed by atoms with Crippen LogP contribution in [-0.4, -0.2) is 49.2 Å². The molecule has 232 valence electrons. The van der Waals surface area contributed by atoms with Crippen LogP contribution in [0.1, 0.15) is 38.2 Å². The summed E-state index contributed by atoms with van der Waals surface area (Å²) in [7, 11) is 1.50. The molecule has 2 aromatic rings. The Morgan fingerprint density at radius 1 is 1.02 bits per heavy atom. The van der Waals surface area contributed by atoms with Crippen molar-refractivity contribution in [1.29, 1.82) is 0 Å². The molecule has 1 N–H and O–H groups in total. The van der Waals surface area contributed by atoms with Gasteiger partial charge in [-0.2, -0.15) is 26.3 Å². The highest BCUT2D eigenvalue weighted by atomic mass is 19.4. The van der Waals surface area contributed by atoms with E-state index in [9.17, 15) is 22.8 Å². The zero-order chi connectivity index (χ0) is 31.4. The van der Waals surface area contributed by atoms with E-state index in [0.29, 0.717) is 11.4 Å². The maximum atomic E-state index is 15.2. The van der Waals surface area contributed by atoms with Gasteiger partial charge in [-0.3, -0.25) is 9.59 Å². The zero-order valence-electron chi connectivity index (χ0n) is 23.6. The summed E-state index contributed by atoms with van der Waals surface area (Å²) in [5.74, 6) is -1.46. The highest BCUT2D eigenvalue weighted by Crippen LogP contribution is 2.52. The highest BCUT2D eigenvalue weighted by molar-refractivity contribution is 5.95. The minimum atomic E-state index is -4.83. The Balaban J connectivity index is 1.63. The molecule has 2 aliphatic rings. The molecule has 1 fully saturated rings. The molecular formula is C31H32F6N2O4. The minimum absolute atomic E-state index is 0.0369. The second-order valence-corrected chi connectivity index (χ2v) is 10.6. The van der Waals surface area contributed by atoms with Crippen molar-refractivity contribution in [2.24, 2.45) is 11.8 Å². The molecular weight excluding hydrogens is 578 g/mol. The molecule has 1 aliphatic carbocycles. The third-order valence-electron chi connectivity index (χ3n) is 7.73. The summed E-state index contributed by atoms with van der Waals surface area (Å²) < 4.78 is 93.4. The molecule has 0 spiro atoms. The summed E-state index contributed by atoms with van der Waals surface area (Å²) in [6, 6.07) is 11.6. The first-order valence-electron chi connectivity index (χ1n) is 13.8. The van der Waals surface area contributed by atoms with Gasteiger partial charge in [0.2, 0.25) is 5.91 Å². The number of ether oxygens (including phenoxy) is 2. The second-order valence-electron chi connectivity index (χ2n) is 10.6. The van der Waals surface area contributed by atoms with Gasteiger partial charge in [-0.05, 0) is 67.3 Å². The summed E-state index contributed by atoms with van der Waals surface area (Å²) in [6.45, 7) is 1.06. The molecule has 1 heterocycles. The van der Waals surface area contributed by atoms with Crippen LogP contribution in [-0.2, 0) is 15.1 Å². The van der Waals surface area contributed by atoms with E-state index in [1.165, 1.54) is 49.6 Å². The van der Waals surface area contributed by atoms with Crippen molar-refractivity contribution >= 4 is 17.4 Å². The molecule has 0 bridgehead atoms. The Kier molecular flexibility index (Phi) is 9.46. The van der Waals surface area contributed by atoms with Crippen molar-refractivity contribution in [3.8, 4) is 11.5 Å². The van der Waals surface area contributed by atoms with E-state index < -0.39 is 48.5 Å². The lowest BCUT2D eigenvalue weighted by molar-refractivity contribution is -0.244. The molecule has 3 atom stereocenters. The normalized spacial score (nSPS) is 22.7. The van der Waals surface area contributed by atoms with Gasteiger partial charge in [-0.1, -0.05) is 25.1 Å². The number of alkyl halides is 6. The van der Waals surface area contributed by atoms with Gasteiger partial charge in [-0.15, -0.1) is 0 Å². The van der Waals surface area contributed by atoms with Crippen LogP contribution in [0.3, 0.4) is 0 Å². The van der Waals surface area contributed by atoms with Gasteiger partial charge in [0, 0.05) is 36.3 Å². The number of hydrogen-bond donors (Lipinski definition) is 1. The zero-order valence-corrected chi connectivity index (χ0v) is 23.6. The molecule has 0 saturated carbocycles. The Morgan fingerprint density at radius 2 is 1.67 bits per heavy atom. The van der Waals surface area contributed by atoms with E-state index in [4.69, 9.17) is 9.47 Å². The smallest absolute Gasteiger partial charge is 0.415 e. The summed E-state index contributed by atoms with van der Waals surface area (Å²) in [5, 5.41) is 2.76. The van der Waals surface area contributed by atoms with Crippen molar-refractivity contribution < 1.29 is 45.4 Å². The van der Waals surface area contributed by atoms with Crippen LogP contribution in [0.15, 0.2) is 72.5 Å². The van der Waals surface area contributed by atoms with Crippen LogP contribution in [0.4, 0.5) is 32.0 Å². The standard InChI is InChI=1S/C31H32F6N2O4/c1-20-4-9-24(18-27(20)40)39-19-21(28(41)38-23-7-12-25(42-2)13-8-23)14-16-29(39,31(35,36)37)22-5-10-26(11-6-22)43-17-3-15-30(32,33)34/h4-13,18,20-21H,3,14-17,19H2,1-2H3,(H,38,41). The number of hydrogen-bond acceptors (Lipinski definition) is 5. The number of nitrogens with one attached hydrogen (secondary N) is 1. The van der Waals surface area contributed by atoms with Gasteiger partial charge in [0.05, 0.1) is 19.6 Å². The highest BCUT2D eigenvalue weighted by Gasteiger charge is 2.62. The molecule has 0 radical (unpaired) electrons. The number of nitrogens with zero attached hydrogens (tertiary/aromatic N) is 1. The van der Waals surface area contributed by atoms with Gasteiger partial charge in [0.25, 0.3) is 0 Å². The maximum Gasteiger partial charge on any atom is 0.415 e. The summed E-state index contributed by atoms with van der Waals surface area (Å²) in [6.07, 6.45) is -6.92. The van der Waals surface area contributed by atoms with Crippen LogP contribution in [0.25, 0.3) is 0 Å². The number of methoxy groups -OCH3 is 1. The third-order valence-corrected chi connectivity index (χ3v) is 7.73. The molecule has 1 saturated heterocycles. The van der Waals surface area contributed by atoms with Gasteiger partial charge >= 0.3 is 12.4 Å². The molecule has 12 heteroatoms. The molecule has 1 aliphatic heterocycles. The van der Waals surface area contributed by atoms with Gasteiger partial charge in [-0.25, -0.2) is 0 Å². The van der Waals surface area contributed by atoms with Crippen LogP contribution in [0.2, 0.25) is 0 Å². The summed E-state index contributed by atoms with van der Waals surface area (Å²) >= 11 is 0. The van der Waals surface area contributed by atoms with E-state index in [2.05, 4.69) is 5.32 Å². The monoisotopic (exact) mass is 610 g/mol. The Hall–Kier alpha value is -3.96. The largest absolute Gasteiger partial charge is 0.497 e. The van der Waals surface area contributed by atoms with Crippen LogP contribution >= 0.6 is 0 Å². The van der Waals surface area contributed by atoms with Crippen molar-refractivity contribution in [1.82, 2.24) is 4.90 Å². The molecule has 3 unspecified atom stereocenters. The number of ketones is 1. The molecule has 1 amide bonds. The third kappa shape index (κ3) is 7.34. The number of carbonyl (C=O) groups is 2. The van der Waals surface area contributed by atoms with E-state index >= 15 is 13.2 Å². The van der Waals surface area contributed by atoms with Crippen LogP contribution < -0.4 is 14.8 Å². The average Bonchev–Trinajstić information content (AvgIpc) is 2.96. The number of rotatable bonds is 9. The van der Waals surface area contributed by atoms with Crippen molar-refractivity contribution in [2.45, 2.75) is 50.5 Å². The number of benzene rings is 2. The van der Waals surface area contributed by atoms with E-state index in [-0.39, 0.29) is 48.8 Å². The summed E-state index contributed by atoms with van der Waals surface area (Å²) in [5.41, 5.74) is -2.24. The molecule has 6 nitrogen and oxygen atoms in total. The van der Waals surface area contributed by atoms with Crippen LogP contribution in [0, 0.1) is 11.8 Å². The van der Waals surface area contributed by atoms with Crippen molar-refractivity contribution in [3.63, 3.8) is 0 Å². The lowest BCUT2D eigenvalue weighted by Crippen LogP contribution is -2.60. The SMILES string of the molecule is COc1ccc(NC(=O)C2CCC(c3ccc(OCCCC(F)(F)F)cc3)(C(F)(F)F)N(C3=CC(=O)C(C)C=C3)C2)cc1. The Labute approximate surface area is 245 Å². The van der Waals surface area contributed by atoms with E-state index in [1.807, 2.05) is 0 Å². The molecule has 4 rings (SSSR count). The van der Waals surface area contributed by atoms with Crippen LogP contribution in [0.5, 0.6) is 11.5 Å². The molecule has 2 aromatic carbocycles. The van der Waals surface area contributed by atoms with E-state index in [0.717, 1.165) is 4.90 Å². The van der Waals surface area contributed by atoms with Gasteiger partial charge in [0.1, 0.15) is 11.5 Å². The number of amides is 1. The van der Waals surface area contributed by atoms with Crippen molar-refractivity contribution in [3.05, 3.63) is 78.0 Å². The Bertz CT molecular complexity index is 1350. The number of piperidine rings is 1. The fraction of sp³-hybridized carbons (Fsp3) is 0.419. The lowest BCUT2D eigenvalue weighted by atomic mass is 9.75. The first-order chi connectivity index (χ1) is 20.2. The minimum Gasteiger partial charge on any atom is -0.497 e. The second kappa shape index (κ2) is 12.7.